The van der Waals surface area contributed by atoms with Crippen LogP contribution < -0.4 is 5.14 Å². The van der Waals surface area contributed by atoms with Gasteiger partial charge in [0.15, 0.2) is 0 Å². The molecule has 4 saturated carbocycles. The van der Waals surface area contributed by atoms with Crippen molar-refractivity contribution in [1.82, 2.24) is 0 Å². The second kappa shape index (κ2) is 2.67. The summed E-state index contributed by atoms with van der Waals surface area (Å²) in [6.45, 7) is 0. The molecule has 0 aromatic heterocycles. The molecule has 4 aliphatic carbocycles. The highest BCUT2D eigenvalue weighted by Crippen LogP contribution is 2.55. The number of Topliss-reactive ketones (excluding diaryl/α,β-unsaturated/α-hetero) is 1. The van der Waals surface area contributed by atoms with E-state index in [2.05, 4.69) is 0 Å². The van der Waals surface area contributed by atoms with Crippen LogP contribution in [0.2, 0.25) is 0 Å². The largest absolute Gasteiger partial charge is 0.299 e. The number of hydrogen-bond donors (Lipinski definition) is 1. The summed E-state index contributed by atoms with van der Waals surface area (Å²) in [5.74, 6) is 1.43. The molecule has 4 bridgehead atoms. The van der Waals surface area contributed by atoms with Crippen LogP contribution in [0, 0.1) is 17.8 Å². The van der Waals surface area contributed by atoms with Crippen LogP contribution in [0.25, 0.3) is 0 Å². The summed E-state index contributed by atoms with van der Waals surface area (Å²) in [5, 5.41) is 5.60. The molecule has 0 spiro atoms. The first kappa shape index (κ1) is 9.04. The number of carbonyl (C=O) groups is 1. The third kappa shape index (κ3) is 1.01. The maximum atomic E-state index is 11.8. The van der Waals surface area contributed by atoms with Gasteiger partial charge in [0.25, 0.3) is 0 Å². The number of rotatable bonds is 1. The van der Waals surface area contributed by atoms with Gasteiger partial charge in [0.05, 0.1) is 15.7 Å². The number of ketones is 1. The first-order chi connectivity index (χ1) is 6.61. The van der Waals surface area contributed by atoms with Crippen molar-refractivity contribution in [3.05, 3.63) is 0 Å². The molecule has 3 atom stereocenters. The first-order valence-corrected chi connectivity index (χ1v) is 6.52. The zero-order valence-corrected chi connectivity index (χ0v) is 8.89. The van der Waals surface area contributed by atoms with Gasteiger partial charge in [0, 0.05) is 11.8 Å². The van der Waals surface area contributed by atoms with E-state index in [0.717, 1.165) is 32.1 Å². The average Bonchev–Trinajstić information content (AvgIpc) is 2.12. The fourth-order valence-electron chi connectivity index (χ4n) is 3.92. The van der Waals surface area contributed by atoms with Crippen LogP contribution >= 0.6 is 0 Å². The van der Waals surface area contributed by atoms with Crippen LogP contribution in [0.15, 0.2) is 0 Å². The Balaban J connectivity index is 2.00. The molecule has 3 nitrogen and oxygen atoms in total. The highest BCUT2D eigenvalue weighted by Gasteiger charge is 2.57. The lowest BCUT2D eigenvalue weighted by atomic mass is 9.55. The Morgan fingerprint density at radius 2 is 1.79 bits per heavy atom. The summed E-state index contributed by atoms with van der Waals surface area (Å²) in [6.07, 6.45) is 4.66. The molecule has 2 N–H and O–H groups in total. The van der Waals surface area contributed by atoms with Crippen molar-refractivity contribution in [3.8, 4) is 0 Å². The Labute approximate surface area is 86.0 Å². The van der Waals surface area contributed by atoms with Crippen molar-refractivity contribution in [1.29, 1.82) is 0 Å². The second-order valence-electron chi connectivity index (χ2n) is 5.23. The zero-order valence-electron chi connectivity index (χ0n) is 8.07. The van der Waals surface area contributed by atoms with Gasteiger partial charge in [-0.15, -0.1) is 0 Å². The molecular weight excluding hydrogens is 198 g/mol. The molecule has 0 aromatic rings. The fourth-order valence-corrected chi connectivity index (χ4v) is 5.05. The SMILES string of the molecule is N[S@@](=O)C12CC3CC(C1)C(=O)C(C3)C2. The standard InChI is InChI=1S/C10H15NO2S/c11-14(13)10-3-6-1-7(4-10)9(12)8(2-6)5-10/h6-8H,1-5,11H2/t6?,7?,8?,10?,14-/m0/s1. The molecular formula is C10H15NO2S. The minimum Gasteiger partial charge on any atom is -0.299 e. The lowest BCUT2D eigenvalue weighted by molar-refractivity contribution is -0.138. The van der Waals surface area contributed by atoms with Crippen LogP contribution in [0.1, 0.15) is 32.1 Å². The van der Waals surface area contributed by atoms with E-state index in [1.807, 2.05) is 0 Å². The summed E-state index contributed by atoms with van der Waals surface area (Å²) >= 11 is 0. The molecule has 4 aliphatic rings. The smallest absolute Gasteiger partial charge is 0.139 e. The van der Waals surface area contributed by atoms with Crippen LogP contribution in [-0.4, -0.2) is 14.7 Å². The molecule has 0 amide bonds. The molecule has 0 aliphatic heterocycles. The highest BCUT2D eigenvalue weighted by molar-refractivity contribution is 7.84. The molecule has 4 heteroatoms. The molecule has 4 rings (SSSR count). The summed E-state index contributed by atoms with van der Waals surface area (Å²) in [4.78, 5) is 11.8. The predicted molar refractivity (Wildman–Crippen MR) is 53.6 cm³/mol. The summed E-state index contributed by atoms with van der Waals surface area (Å²) in [7, 11) is -1.24. The molecule has 4 fully saturated rings. The average molecular weight is 213 g/mol. The van der Waals surface area contributed by atoms with Crippen molar-refractivity contribution in [3.63, 3.8) is 0 Å². The van der Waals surface area contributed by atoms with E-state index in [1.54, 1.807) is 0 Å². The Morgan fingerprint density at radius 1 is 1.21 bits per heavy atom. The summed E-state index contributed by atoms with van der Waals surface area (Å²) in [6, 6.07) is 0. The van der Waals surface area contributed by atoms with E-state index < -0.39 is 11.0 Å². The van der Waals surface area contributed by atoms with Gasteiger partial charge in [-0.2, -0.15) is 0 Å². The van der Waals surface area contributed by atoms with Gasteiger partial charge < -0.3 is 0 Å². The number of nitrogens with two attached hydrogens (primary N) is 1. The molecule has 78 valence electrons. The third-order valence-corrected chi connectivity index (χ3v) is 5.72. The fraction of sp³-hybridized carbons (Fsp3) is 0.900. The Hall–Kier alpha value is -0.220. The van der Waals surface area contributed by atoms with Gasteiger partial charge in [-0.05, 0) is 38.0 Å². The van der Waals surface area contributed by atoms with Crippen molar-refractivity contribution in [2.24, 2.45) is 22.9 Å². The van der Waals surface area contributed by atoms with Crippen molar-refractivity contribution < 1.29 is 9.00 Å². The van der Waals surface area contributed by atoms with E-state index in [1.165, 1.54) is 0 Å². The topological polar surface area (TPSA) is 60.2 Å². The monoisotopic (exact) mass is 213 g/mol. The summed E-state index contributed by atoms with van der Waals surface area (Å²) in [5.41, 5.74) is 0. The van der Waals surface area contributed by atoms with Crippen LogP contribution in [0.3, 0.4) is 0 Å². The molecule has 0 radical (unpaired) electrons. The normalized spacial score (nSPS) is 52.4. The molecule has 2 unspecified atom stereocenters. The Morgan fingerprint density at radius 3 is 2.29 bits per heavy atom. The van der Waals surface area contributed by atoms with Gasteiger partial charge in [-0.3, -0.25) is 9.93 Å². The van der Waals surface area contributed by atoms with Crippen LogP contribution in [0.5, 0.6) is 0 Å². The quantitative estimate of drug-likeness (QED) is 0.699. The summed E-state index contributed by atoms with van der Waals surface area (Å²) < 4.78 is 11.4. The molecule has 0 aromatic carbocycles. The van der Waals surface area contributed by atoms with Gasteiger partial charge in [-0.25, -0.2) is 4.21 Å². The predicted octanol–water partition coefficient (Wildman–Crippen LogP) is 0.757. The highest BCUT2D eigenvalue weighted by atomic mass is 32.2. The number of carbonyl (C=O) groups excluding carboxylic acids is 1. The zero-order chi connectivity index (χ0) is 9.92. The molecule has 0 heterocycles. The van der Waals surface area contributed by atoms with Gasteiger partial charge in [-0.1, -0.05) is 0 Å². The second-order valence-corrected chi connectivity index (χ2v) is 6.69. The molecule has 0 saturated heterocycles. The van der Waals surface area contributed by atoms with Crippen molar-refractivity contribution in [2.75, 3.05) is 0 Å². The van der Waals surface area contributed by atoms with Crippen LogP contribution in [0.4, 0.5) is 0 Å². The lowest BCUT2D eigenvalue weighted by Crippen LogP contribution is -2.58. The van der Waals surface area contributed by atoms with E-state index >= 15 is 0 Å². The molecule has 14 heavy (non-hydrogen) atoms. The van der Waals surface area contributed by atoms with Crippen molar-refractivity contribution in [2.45, 2.75) is 36.9 Å². The van der Waals surface area contributed by atoms with Crippen molar-refractivity contribution >= 4 is 16.8 Å². The number of hydrogen-bond acceptors (Lipinski definition) is 2. The Kier molecular flexibility index (Phi) is 1.72. The maximum Gasteiger partial charge on any atom is 0.139 e. The third-order valence-electron chi connectivity index (χ3n) is 4.36. The van der Waals surface area contributed by atoms with E-state index in [0.29, 0.717) is 11.7 Å². The van der Waals surface area contributed by atoms with Gasteiger partial charge in [0.1, 0.15) is 5.78 Å². The minimum absolute atomic E-state index is 0.189. The van der Waals surface area contributed by atoms with E-state index in [-0.39, 0.29) is 16.6 Å². The van der Waals surface area contributed by atoms with Crippen LogP contribution in [-0.2, 0) is 15.8 Å². The Bertz CT molecular complexity index is 310. The van der Waals surface area contributed by atoms with Gasteiger partial charge >= 0.3 is 0 Å². The minimum atomic E-state index is -1.24. The van der Waals surface area contributed by atoms with Gasteiger partial charge in [0.2, 0.25) is 0 Å². The lowest BCUT2D eigenvalue weighted by Gasteiger charge is -2.54. The van der Waals surface area contributed by atoms with E-state index in [4.69, 9.17) is 5.14 Å². The van der Waals surface area contributed by atoms with E-state index in [9.17, 15) is 9.00 Å². The first-order valence-electron chi connectivity index (χ1n) is 5.31. The maximum absolute atomic E-state index is 11.8.